The van der Waals surface area contributed by atoms with E-state index in [4.69, 9.17) is 5.73 Å². The van der Waals surface area contributed by atoms with Crippen LogP contribution in [0, 0.1) is 18.8 Å². The summed E-state index contributed by atoms with van der Waals surface area (Å²) >= 11 is 0. The monoisotopic (exact) mass is 276 g/mol. The van der Waals surface area contributed by atoms with Gasteiger partial charge < -0.3 is 10.6 Å². The summed E-state index contributed by atoms with van der Waals surface area (Å²) in [6.45, 7) is 10.2. The maximum Gasteiger partial charge on any atom is 0.227 e. The van der Waals surface area contributed by atoms with E-state index in [-0.39, 0.29) is 17.7 Å². The number of hydrogen-bond acceptors (Lipinski definition) is 2. The van der Waals surface area contributed by atoms with Crippen LogP contribution in [0.25, 0.3) is 0 Å². The van der Waals surface area contributed by atoms with E-state index in [0.717, 1.165) is 13.0 Å². The normalized spacial score (nSPS) is 12.5. The van der Waals surface area contributed by atoms with E-state index in [2.05, 4.69) is 52.0 Å². The van der Waals surface area contributed by atoms with Crippen LogP contribution in [-0.4, -0.2) is 23.9 Å². The zero-order valence-electron chi connectivity index (χ0n) is 13.2. The molecule has 1 rings (SSSR count). The van der Waals surface area contributed by atoms with Gasteiger partial charge in [0.25, 0.3) is 0 Å². The molecule has 1 unspecified atom stereocenters. The molecule has 0 aliphatic heterocycles. The van der Waals surface area contributed by atoms with Gasteiger partial charge >= 0.3 is 0 Å². The van der Waals surface area contributed by atoms with Gasteiger partial charge in [-0.15, -0.1) is 0 Å². The molecule has 0 saturated carbocycles. The first-order chi connectivity index (χ1) is 9.49. The molecule has 0 radical (unpaired) electrons. The zero-order chi connectivity index (χ0) is 15.1. The molecule has 1 atom stereocenters. The van der Waals surface area contributed by atoms with Crippen LogP contribution in [0.5, 0.6) is 0 Å². The molecule has 3 heteroatoms. The second-order valence-corrected chi connectivity index (χ2v) is 5.83. The van der Waals surface area contributed by atoms with Gasteiger partial charge in [0.1, 0.15) is 0 Å². The maximum absolute atomic E-state index is 12.6. The molecule has 1 aromatic rings. The predicted molar refractivity (Wildman–Crippen MR) is 84.3 cm³/mol. The van der Waals surface area contributed by atoms with Crippen molar-refractivity contribution in [3.05, 3.63) is 35.4 Å². The Morgan fingerprint density at radius 2 is 1.85 bits per heavy atom. The average molecular weight is 276 g/mol. The smallest absolute Gasteiger partial charge is 0.227 e. The minimum Gasteiger partial charge on any atom is -0.338 e. The molecule has 0 spiro atoms. The Bertz CT molecular complexity index is 412. The van der Waals surface area contributed by atoms with Gasteiger partial charge in [0.15, 0.2) is 0 Å². The summed E-state index contributed by atoms with van der Waals surface area (Å²) in [5.41, 5.74) is 8.19. The van der Waals surface area contributed by atoms with Crippen molar-refractivity contribution < 1.29 is 4.79 Å². The van der Waals surface area contributed by atoms with Crippen molar-refractivity contribution in [3.63, 3.8) is 0 Å². The lowest BCUT2D eigenvalue weighted by Gasteiger charge is -2.28. The molecule has 20 heavy (non-hydrogen) atoms. The van der Waals surface area contributed by atoms with Crippen molar-refractivity contribution in [2.24, 2.45) is 17.6 Å². The number of aryl methyl sites for hydroxylation is 1. The molecule has 1 amide bonds. The first-order valence-corrected chi connectivity index (χ1v) is 7.54. The van der Waals surface area contributed by atoms with Crippen LogP contribution in [0.4, 0.5) is 0 Å². The largest absolute Gasteiger partial charge is 0.338 e. The quantitative estimate of drug-likeness (QED) is 0.832. The van der Waals surface area contributed by atoms with Crippen molar-refractivity contribution in [2.75, 3.05) is 13.1 Å². The standard InChI is InChI=1S/C17H28N2O/c1-5-10-19(17(20)16(11-18)13(2)3)12-15-8-6-14(4)7-9-15/h6-9,13,16H,5,10-12,18H2,1-4H3. The van der Waals surface area contributed by atoms with Gasteiger partial charge in [-0.05, 0) is 24.8 Å². The van der Waals surface area contributed by atoms with E-state index < -0.39 is 0 Å². The summed E-state index contributed by atoms with van der Waals surface area (Å²) in [5, 5.41) is 0. The topological polar surface area (TPSA) is 46.3 Å². The number of amides is 1. The van der Waals surface area contributed by atoms with Crippen molar-refractivity contribution in [1.82, 2.24) is 4.90 Å². The molecule has 0 aromatic heterocycles. The Balaban J connectivity index is 2.82. The third kappa shape index (κ3) is 4.64. The first-order valence-electron chi connectivity index (χ1n) is 7.54. The van der Waals surface area contributed by atoms with Crippen LogP contribution in [0.2, 0.25) is 0 Å². The van der Waals surface area contributed by atoms with Gasteiger partial charge in [-0.25, -0.2) is 0 Å². The Morgan fingerprint density at radius 1 is 1.25 bits per heavy atom. The van der Waals surface area contributed by atoms with Crippen molar-refractivity contribution in [3.8, 4) is 0 Å². The third-order valence-electron chi connectivity index (χ3n) is 3.68. The molecule has 0 saturated heterocycles. The lowest BCUT2D eigenvalue weighted by Crippen LogP contribution is -2.41. The second-order valence-electron chi connectivity index (χ2n) is 5.83. The fourth-order valence-electron chi connectivity index (χ4n) is 2.34. The zero-order valence-corrected chi connectivity index (χ0v) is 13.2. The summed E-state index contributed by atoms with van der Waals surface area (Å²) < 4.78 is 0. The van der Waals surface area contributed by atoms with Crippen LogP contribution < -0.4 is 5.73 Å². The number of carbonyl (C=O) groups is 1. The van der Waals surface area contributed by atoms with Gasteiger partial charge in [0.05, 0.1) is 5.92 Å². The fraction of sp³-hybridized carbons (Fsp3) is 0.588. The fourth-order valence-corrected chi connectivity index (χ4v) is 2.34. The number of nitrogens with zero attached hydrogens (tertiary/aromatic N) is 1. The number of rotatable bonds is 7. The average Bonchev–Trinajstić information content (AvgIpc) is 2.41. The van der Waals surface area contributed by atoms with Gasteiger partial charge in [-0.1, -0.05) is 50.6 Å². The Morgan fingerprint density at radius 3 is 2.30 bits per heavy atom. The molecule has 2 N–H and O–H groups in total. The van der Waals surface area contributed by atoms with Crippen LogP contribution in [0.1, 0.15) is 38.3 Å². The second kappa shape index (κ2) is 8.05. The van der Waals surface area contributed by atoms with Crippen molar-refractivity contribution in [1.29, 1.82) is 0 Å². The highest BCUT2D eigenvalue weighted by Gasteiger charge is 2.25. The van der Waals surface area contributed by atoms with Gasteiger partial charge in [-0.3, -0.25) is 4.79 Å². The van der Waals surface area contributed by atoms with Crippen LogP contribution in [0.15, 0.2) is 24.3 Å². The minimum atomic E-state index is -0.0769. The summed E-state index contributed by atoms with van der Waals surface area (Å²) in [4.78, 5) is 14.6. The number of carbonyl (C=O) groups excluding carboxylic acids is 1. The summed E-state index contributed by atoms with van der Waals surface area (Å²) in [6, 6.07) is 8.37. The highest BCUT2D eigenvalue weighted by molar-refractivity contribution is 5.79. The minimum absolute atomic E-state index is 0.0769. The highest BCUT2D eigenvalue weighted by atomic mass is 16.2. The molecule has 0 heterocycles. The molecule has 0 aliphatic carbocycles. The highest BCUT2D eigenvalue weighted by Crippen LogP contribution is 2.16. The van der Waals surface area contributed by atoms with Crippen LogP contribution in [0.3, 0.4) is 0 Å². The Kier molecular flexibility index (Phi) is 6.73. The molecule has 0 aliphatic rings. The van der Waals surface area contributed by atoms with E-state index in [1.165, 1.54) is 11.1 Å². The molecule has 0 fully saturated rings. The van der Waals surface area contributed by atoms with Gasteiger partial charge in [0, 0.05) is 19.6 Å². The van der Waals surface area contributed by atoms with Crippen LogP contribution >= 0.6 is 0 Å². The molecule has 112 valence electrons. The number of hydrogen-bond donors (Lipinski definition) is 1. The van der Waals surface area contributed by atoms with Gasteiger partial charge in [0.2, 0.25) is 5.91 Å². The van der Waals surface area contributed by atoms with Gasteiger partial charge in [-0.2, -0.15) is 0 Å². The molecule has 0 bridgehead atoms. The van der Waals surface area contributed by atoms with Crippen molar-refractivity contribution in [2.45, 2.75) is 40.7 Å². The van der Waals surface area contributed by atoms with E-state index in [1.54, 1.807) is 0 Å². The SMILES string of the molecule is CCCN(Cc1ccc(C)cc1)C(=O)C(CN)C(C)C. The Hall–Kier alpha value is -1.35. The van der Waals surface area contributed by atoms with E-state index in [1.807, 2.05) is 4.90 Å². The summed E-state index contributed by atoms with van der Waals surface area (Å²) in [5.74, 6) is 0.391. The maximum atomic E-state index is 12.6. The number of benzene rings is 1. The molecule has 1 aromatic carbocycles. The summed E-state index contributed by atoms with van der Waals surface area (Å²) in [6.07, 6.45) is 0.965. The van der Waals surface area contributed by atoms with E-state index in [9.17, 15) is 4.79 Å². The first kappa shape index (κ1) is 16.7. The van der Waals surface area contributed by atoms with E-state index >= 15 is 0 Å². The van der Waals surface area contributed by atoms with Crippen LogP contribution in [-0.2, 0) is 11.3 Å². The lowest BCUT2D eigenvalue weighted by atomic mass is 9.94. The Labute approximate surface area is 123 Å². The van der Waals surface area contributed by atoms with E-state index in [0.29, 0.717) is 13.1 Å². The predicted octanol–water partition coefficient (Wildman–Crippen LogP) is 2.96. The lowest BCUT2D eigenvalue weighted by molar-refractivity contribution is -0.137. The van der Waals surface area contributed by atoms with Crippen molar-refractivity contribution >= 4 is 5.91 Å². The third-order valence-corrected chi connectivity index (χ3v) is 3.68. The molecule has 3 nitrogen and oxygen atoms in total. The summed E-state index contributed by atoms with van der Waals surface area (Å²) in [7, 11) is 0. The molecular formula is C17H28N2O. The number of nitrogens with two attached hydrogens (primary N) is 1. The molecular weight excluding hydrogens is 248 g/mol.